The van der Waals surface area contributed by atoms with Crippen LogP contribution in [0.25, 0.3) is 11.6 Å². The third-order valence-electron chi connectivity index (χ3n) is 3.94. The van der Waals surface area contributed by atoms with Crippen molar-refractivity contribution >= 4 is 17.6 Å². The van der Waals surface area contributed by atoms with Gasteiger partial charge in [0.2, 0.25) is 0 Å². The van der Waals surface area contributed by atoms with Gasteiger partial charge in [-0.05, 0) is 37.1 Å². The third-order valence-corrected chi connectivity index (χ3v) is 3.94. The van der Waals surface area contributed by atoms with Crippen molar-refractivity contribution in [3.05, 3.63) is 52.6 Å². The average molecular weight is 342 g/mol. The molecule has 0 aliphatic carbocycles. The van der Waals surface area contributed by atoms with Gasteiger partial charge >= 0.3 is 5.97 Å². The molecule has 132 valence electrons. The lowest BCUT2D eigenvalue weighted by Crippen LogP contribution is -2.02. The van der Waals surface area contributed by atoms with Crippen molar-refractivity contribution in [3.63, 3.8) is 0 Å². The number of rotatable bonds is 6. The summed E-state index contributed by atoms with van der Waals surface area (Å²) in [5.41, 5.74) is 3.42. The topological polar surface area (TPSA) is 65.0 Å². The smallest absolute Gasteiger partial charge is 0.336 e. The monoisotopic (exact) mass is 342 g/mol. The minimum Gasteiger partial charge on any atom is -0.496 e. The number of hydrogen-bond acceptors (Lipinski definition) is 4. The fraction of sp³-hybridized carbons (Fsp3) is 0.250. The number of carboxylic acid groups (broad SMARTS) is 1. The van der Waals surface area contributed by atoms with Crippen LogP contribution in [0, 0.1) is 13.8 Å². The Bertz CT molecular complexity index is 821. The third kappa shape index (κ3) is 3.94. The van der Waals surface area contributed by atoms with E-state index in [1.165, 1.54) is 21.3 Å². The quantitative estimate of drug-likeness (QED) is 0.636. The first-order valence-electron chi connectivity index (χ1n) is 7.73. The molecule has 2 aromatic rings. The van der Waals surface area contributed by atoms with Crippen molar-refractivity contribution < 1.29 is 24.1 Å². The lowest BCUT2D eigenvalue weighted by molar-refractivity contribution is -0.130. The van der Waals surface area contributed by atoms with Gasteiger partial charge in [0, 0.05) is 11.6 Å². The van der Waals surface area contributed by atoms with E-state index in [0.29, 0.717) is 28.4 Å². The maximum Gasteiger partial charge on any atom is 0.336 e. The number of carboxylic acids is 1. The fourth-order valence-electron chi connectivity index (χ4n) is 2.69. The van der Waals surface area contributed by atoms with E-state index in [2.05, 4.69) is 0 Å². The van der Waals surface area contributed by atoms with Gasteiger partial charge in [0.1, 0.15) is 5.75 Å². The first kappa shape index (κ1) is 18.4. The Balaban J connectivity index is 2.66. The van der Waals surface area contributed by atoms with Gasteiger partial charge in [-0.1, -0.05) is 23.8 Å². The molecule has 0 heterocycles. The Kier molecular flexibility index (Phi) is 5.70. The van der Waals surface area contributed by atoms with Crippen molar-refractivity contribution in [1.82, 2.24) is 0 Å². The molecule has 0 saturated heterocycles. The van der Waals surface area contributed by atoms with Crippen LogP contribution in [0.15, 0.2) is 30.3 Å². The van der Waals surface area contributed by atoms with Crippen molar-refractivity contribution in [1.29, 1.82) is 0 Å². The molecular formula is C20H22O5. The van der Waals surface area contributed by atoms with Crippen LogP contribution in [0.5, 0.6) is 17.2 Å². The first-order valence-corrected chi connectivity index (χ1v) is 7.73. The van der Waals surface area contributed by atoms with Gasteiger partial charge in [0.05, 0.1) is 26.9 Å². The molecule has 0 saturated carbocycles. The lowest BCUT2D eigenvalue weighted by atomic mass is 9.96. The number of ether oxygens (including phenoxy) is 3. The van der Waals surface area contributed by atoms with Crippen molar-refractivity contribution in [3.8, 4) is 17.2 Å². The Hall–Kier alpha value is -2.95. The number of hydrogen-bond donors (Lipinski definition) is 1. The van der Waals surface area contributed by atoms with E-state index in [0.717, 1.165) is 11.1 Å². The van der Waals surface area contributed by atoms with Crippen LogP contribution < -0.4 is 14.2 Å². The molecule has 5 heteroatoms. The zero-order chi connectivity index (χ0) is 18.6. The van der Waals surface area contributed by atoms with Crippen LogP contribution in [0.3, 0.4) is 0 Å². The van der Waals surface area contributed by atoms with Gasteiger partial charge in [-0.25, -0.2) is 4.79 Å². The molecule has 0 atom stereocenters. The maximum absolute atomic E-state index is 11.9. The SMILES string of the molecule is COc1cc(OC)c(OC)cc1/C=C(\C(=O)O)c1ccc(C)cc1C. The van der Waals surface area contributed by atoms with Crippen molar-refractivity contribution in [2.45, 2.75) is 13.8 Å². The minimum absolute atomic E-state index is 0.183. The van der Waals surface area contributed by atoms with E-state index in [4.69, 9.17) is 14.2 Å². The highest BCUT2D eigenvalue weighted by Gasteiger charge is 2.16. The van der Waals surface area contributed by atoms with Gasteiger partial charge in [-0.2, -0.15) is 0 Å². The highest BCUT2D eigenvalue weighted by molar-refractivity contribution is 6.21. The van der Waals surface area contributed by atoms with E-state index >= 15 is 0 Å². The summed E-state index contributed by atoms with van der Waals surface area (Å²) in [5.74, 6) is 0.504. The summed E-state index contributed by atoms with van der Waals surface area (Å²) in [6, 6.07) is 9.04. The van der Waals surface area contributed by atoms with Gasteiger partial charge in [-0.15, -0.1) is 0 Å². The number of methoxy groups -OCH3 is 3. The van der Waals surface area contributed by atoms with Crippen LogP contribution in [0.1, 0.15) is 22.3 Å². The second-order valence-corrected chi connectivity index (χ2v) is 5.63. The maximum atomic E-state index is 11.9. The van der Waals surface area contributed by atoms with E-state index in [1.54, 1.807) is 18.2 Å². The zero-order valence-electron chi connectivity index (χ0n) is 15.0. The summed E-state index contributed by atoms with van der Waals surface area (Å²) in [5, 5.41) is 9.71. The predicted molar refractivity (Wildman–Crippen MR) is 97.5 cm³/mol. The van der Waals surface area contributed by atoms with E-state index < -0.39 is 5.97 Å². The van der Waals surface area contributed by atoms with E-state index in [-0.39, 0.29) is 5.57 Å². The van der Waals surface area contributed by atoms with Crippen molar-refractivity contribution in [2.24, 2.45) is 0 Å². The van der Waals surface area contributed by atoms with Crippen LogP contribution >= 0.6 is 0 Å². The molecule has 0 aliphatic rings. The molecule has 0 aromatic heterocycles. The Morgan fingerprint density at radius 3 is 2.04 bits per heavy atom. The number of carbonyl (C=O) groups is 1. The summed E-state index contributed by atoms with van der Waals surface area (Å²) in [4.78, 5) is 11.9. The van der Waals surface area contributed by atoms with E-state index in [9.17, 15) is 9.90 Å². The average Bonchev–Trinajstić information content (AvgIpc) is 2.59. The normalized spacial score (nSPS) is 11.2. The van der Waals surface area contributed by atoms with Crippen LogP contribution in [0.4, 0.5) is 0 Å². The summed E-state index contributed by atoms with van der Waals surface area (Å²) in [6.07, 6.45) is 1.58. The Morgan fingerprint density at radius 1 is 0.920 bits per heavy atom. The molecular weight excluding hydrogens is 320 g/mol. The fourth-order valence-corrected chi connectivity index (χ4v) is 2.69. The highest BCUT2D eigenvalue weighted by Crippen LogP contribution is 2.36. The second kappa shape index (κ2) is 7.75. The molecule has 1 N–H and O–H groups in total. The van der Waals surface area contributed by atoms with E-state index in [1.807, 2.05) is 32.0 Å². The summed E-state index contributed by atoms with van der Waals surface area (Å²) in [7, 11) is 4.58. The largest absolute Gasteiger partial charge is 0.496 e. The van der Waals surface area contributed by atoms with Crippen LogP contribution in [-0.4, -0.2) is 32.4 Å². The second-order valence-electron chi connectivity index (χ2n) is 5.63. The molecule has 0 radical (unpaired) electrons. The number of aryl methyl sites for hydroxylation is 2. The number of aliphatic carboxylic acids is 1. The Labute approximate surface area is 147 Å². The molecule has 0 bridgehead atoms. The number of benzene rings is 2. The molecule has 0 amide bonds. The molecule has 2 aromatic carbocycles. The Morgan fingerprint density at radius 2 is 1.52 bits per heavy atom. The van der Waals surface area contributed by atoms with Gasteiger partial charge in [0.15, 0.2) is 11.5 Å². The molecule has 0 spiro atoms. The standard InChI is InChI=1S/C20H22O5/c1-12-6-7-15(13(2)8-12)16(20(21)22)9-14-10-18(24-4)19(25-5)11-17(14)23-3/h6-11H,1-5H3,(H,21,22)/b16-9-. The molecule has 25 heavy (non-hydrogen) atoms. The minimum atomic E-state index is -1.01. The van der Waals surface area contributed by atoms with Crippen molar-refractivity contribution in [2.75, 3.05) is 21.3 Å². The predicted octanol–water partition coefficient (Wildman–Crippen LogP) is 3.95. The van der Waals surface area contributed by atoms with Gasteiger partial charge in [0.25, 0.3) is 0 Å². The van der Waals surface area contributed by atoms with Gasteiger partial charge in [-0.3, -0.25) is 0 Å². The zero-order valence-corrected chi connectivity index (χ0v) is 15.0. The van der Waals surface area contributed by atoms with Crippen LogP contribution in [0.2, 0.25) is 0 Å². The molecule has 0 aliphatic heterocycles. The summed E-state index contributed by atoms with van der Waals surface area (Å²) in [6.45, 7) is 3.86. The van der Waals surface area contributed by atoms with Gasteiger partial charge < -0.3 is 19.3 Å². The molecule has 0 fully saturated rings. The first-order chi connectivity index (χ1) is 11.9. The highest BCUT2D eigenvalue weighted by atomic mass is 16.5. The van der Waals surface area contributed by atoms with Crippen LogP contribution in [-0.2, 0) is 4.79 Å². The summed E-state index contributed by atoms with van der Waals surface area (Å²) >= 11 is 0. The summed E-state index contributed by atoms with van der Waals surface area (Å²) < 4.78 is 15.9. The molecule has 2 rings (SSSR count). The molecule has 0 unspecified atom stereocenters. The lowest BCUT2D eigenvalue weighted by Gasteiger charge is -2.13. The molecule has 5 nitrogen and oxygen atoms in total.